The van der Waals surface area contributed by atoms with Crippen molar-refractivity contribution in [3.05, 3.63) is 29.9 Å². The molecule has 0 amide bonds. The van der Waals surface area contributed by atoms with Gasteiger partial charge in [-0.25, -0.2) is 13.1 Å². The molecule has 114 valence electrons. The zero-order chi connectivity index (χ0) is 15.6. The number of nitrogens with one attached hydrogen (secondary N) is 1. The van der Waals surface area contributed by atoms with Gasteiger partial charge in [0.25, 0.3) is 0 Å². The molecule has 0 saturated carbocycles. The van der Waals surface area contributed by atoms with Crippen LogP contribution in [-0.2, 0) is 10.0 Å². The molecule has 0 bridgehead atoms. The highest BCUT2D eigenvalue weighted by molar-refractivity contribution is 7.88. The first-order valence-electron chi connectivity index (χ1n) is 6.53. The van der Waals surface area contributed by atoms with Gasteiger partial charge in [-0.05, 0) is 25.0 Å². The third-order valence-electron chi connectivity index (χ3n) is 2.84. The Hall–Kier alpha value is -1.80. The molecule has 1 N–H and O–H groups in total. The van der Waals surface area contributed by atoms with Crippen LogP contribution in [-0.4, -0.2) is 29.8 Å². The van der Waals surface area contributed by atoms with E-state index >= 15 is 0 Å². The summed E-state index contributed by atoms with van der Waals surface area (Å²) in [6.07, 6.45) is 2.76. The van der Waals surface area contributed by atoms with Crippen LogP contribution in [0.3, 0.4) is 0 Å². The number of sulfonamides is 1. The third-order valence-corrected chi connectivity index (χ3v) is 3.62. The minimum atomic E-state index is -3.33. The Kier molecular flexibility index (Phi) is 4.38. The summed E-state index contributed by atoms with van der Waals surface area (Å²) in [6.45, 7) is 5.76. The summed E-state index contributed by atoms with van der Waals surface area (Å²) in [4.78, 5) is 8.53. The average Bonchev–Trinajstić information content (AvgIpc) is 2.86. The second-order valence-corrected chi connectivity index (χ2v) is 6.97. The van der Waals surface area contributed by atoms with Crippen LogP contribution < -0.4 is 4.72 Å². The number of aromatic nitrogens is 3. The van der Waals surface area contributed by atoms with Gasteiger partial charge in [0.05, 0.1) is 12.3 Å². The molecule has 0 aliphatic carbocycles. The third kappa shape index (κ3) is 4.08. The van der Waals surface area contributed by atoms with E-state index in [-0.39, 0.29) is 5.89 Å². The SMILES string of the molecule is CC(C)c1ccc(-c2noc(C(C)NS(C)(=O)=O)n2)cn1. The summed E-state index contributed by atoms with van der Waals surface area (Å²) < 4.78 is 29.8. The molecule has 0 saturated heterocycles. The molecule has 0 spiro atoms. The first-order chi connectivity index (χ1) is 9.76. The number of pyridine rings is 1. The van der Waals surface area contributed by atoms with Gasteiger partial charge < -0.3 is 4.52 Å². The summed E-state index contributed by atoms with van der Waals surface area (Å²) in [5, 5.41) is 3.85. The quantitative estimate of drug-likeness (QED) is 0.905. The van der Waals surface area contributed by atoms with Crippen LogP contribution >= 0.6 is 0 Å². The van der Waals surface area contributed by atoms with Crippen molar-refractivity contribution in [1.29, 1.82) is 0 Å². The fourth-order valence-corrected chi connectivity index (χ4v) is 2.52. The van der Waals surface area contributed by atoms with E-state index in [0.29, 0.717) is 11.7 Å². The molecule has 0 aromatic carbocycles. The van der Waals surface area contributed by atoms with E-state index in [1.54, 1.807) is 13.1 Å². The van der Waals surface area contributed by atoms with Crippen molar-refractivity contribution >= 4 is 10.0 Å². The van der Waals surface area contributed by atoms with Gasteiger partial charge >= 0.3 is 0 Å². The van der Waals surface area contributed by atoms with Crippen molar-refractivity contribution in [1.82, 2.24) is 19.8 Å². The highest BCUT2D eigenvalue weighted by Gasteiger charge is 2.18. The molecular formula is C13H18N4O3S. The fourth-order valence-electron chi connectivity index (χ4n) is 1.78. The fraction of sp³-hybridized carbons (Fsp3) is 0.462. The van der Waals surface area contributed by atoms with E-state index in [1.807, 2.05) is 12.1 Å². The van der Waals surface area contributed by atoms with Gasteiger partial charge in [0.15, 0.2) is 0 Å². The van der Waals surface area contributed by atoms with Crippen LogP contribution in [0.5, 0.6) is 0 Å². The van der Waals surface area contributed by atoms with E-state index in [2.05, 4.69) is 33.7 Å². The Bertz CT molecular complexity index is 707. The molecule has 1 unspecified atom stereocenters. The van der Waals surface area contributed by atoms with Crippen molar-refractivity contribution in [2.75, 3.05) is 6.26 Å². The molecule has 2 aromatic heterocycles. The minimum Gasteiger partial charge on any atom is -0.337 e. The van der Waals surface area contributed by atoms with Gasteiger partial charge in [-0.15, -0.1) is 0 Å². The van der Waals surface area contributed by atoms with Gasteiger partial charge in [-0.1, -0.05) is 19.0 Å². The molecule has 2 aromatic rings. The van der Waals surface area contributed by atoms with Gasteiger partial charge in [0.2, 0.25) is 21.7 Å². The summed E-state index contributed by atoms with van der Waals surface area (Å²) in [5.74, 6) is 0.942. The summed E-state index contributed by atoms with van der Waals surface area (Å²) >= 11 is 0. The standard InChI is InChI=1S/C13H18N4O3S/c1-8(2)11-6-5-10(7-14-11)12-15-13(20-16-12)9(3)17-21(4,18)19/h5-9,17H,1-4H3. The van der Waals surface area contributed by atoms with Crippen LogP contribution in [0.15, 0.2) is 22.9 Å². The highest BCUT2D eigenvalue weighted by atomic mass is 32.2. The van der Waals surface area contributed by atoms with E-state index in [1.165, 1.54) is 0 Å². The Morgan fingerprint density at radius 3 is 2.48 bits per heavy atom. The first-order valence-corrected chi connectivity index (χ1v) is 8.42. The lowest BCUT2D eigenvalue weighted by atomic mass is 10.1. The number of hydrogen-bond donors (Lipinski definition) is 1. The second kappa shape index (κ2) is 5.90. The smallest absolute Gasteiger partial charge is 0.244 e. The van der Waals surface area contributed by atoms with Crippen molar-refractivity contribution in [2.45, 2.75) is 32.7 Å². The number of hydrogen-bond acceptors (Lipinski definition) is 6. The van der Waals surface area contributed by atoms with Gasteiger partial charge in [0, 0.05) is 17.5 Å². The maximum Gasteiger partial charge on any atom is 0.244 e. The zero-order valence-corrected chi connectivity index (χ0v) is 13.2. The highest BCUT2D eigenvalue weighted by Crippen LogP contribution is 2.20. The maximum absolute atomic E-state index is 11.2. The molecule has 7 nitrogen and oxygen atoms in total. The van der Waals surface area contributed by atoms with E-state index in [0.717, 1.165) is 17.5 Å². The Balaban J connectivity index is 2.19. The van der Waals surface area contributed by atoms with Crippen molar-refractivity contribution in [3.8, 4) is 11.4 Å². The molecule has 2 heterocycles. The summed E-state index contributed by atoms with van der Waals surface area (Å²) in [6, 6.07) is 3.20. The normalized spacial score (nSPS) is 13.6. The van der Waals surface area contributed by atoms with Crippen molar-refractivity contribution < 1.29 is 12.9 Å². The monoisotopic (exact) mass is 310 g/mol. The van der Waals surface area contributed by atoms with E-state index in [9.17, 15) is 8.42 Å². The van der Waals surface area contributed by atoms with Gasteiger partial charge in [-0.3, -0.25) is 4.98 Å². The zero-order valence-electron chi connectivity index (χ0n) is 12.4. The van der Waals surface area contributed by atoms with Gasteiger partial charge in [-0.2, -0.15) is 4.98 Å². The largest absolute Gasteiger partial charge is 0.337 e. The average molecular weight is 310 g/mol. The first kappa shape index (κ1) is 15.6. The molecule has 2 rings (SSSR count). The second-order valence-electron chi connectivity index (χ2n) is 5.19. The van der Waals surface area contributed by atoms with Crippen LogP contribution in [0.1, 0.15) is 44.3 Å². The molecule has 21 heavy (non-hydrogen) atoms. The molecule has 0 aliphatic heterocycles. The molecule has 8 heteroatoms. The van der Waals surface area contributed by atoms with Crippen LogP contribution in [0.2, 0.25) is 0 Å². The summed E-state index contributed by atoms with van der Waals surface area (Å²) in [7, 11) is -3.33. The Morgan fingerprint density at radius 2 is 1.95 bits per heavy atom. The van der Waals surface area contributed by atoms with Gasteiger partial charge in [0.1, 0.15) is 0 Å². The lowest BCUT2D eigenvalue weighted by Crippen LogP contribution is -2.25. The van der Waals surface area contributed by atoms with Crippen LogP contribution in [0.25, 0.3) is 11.4 Å². The molecule has 0 fully saturated rings. The summed E-state index contributed by atoms with van der Waals surface area (Å²) in [5.41, 5.74) is 1.70. The van der Waals surface area contributed by atoms with Crippen LogP contribution in [0.4, 0.5) is 0 Å². The number of rotatable bonds is 5. The molecule has 0 radical (unpaired) electrons. The lowest BCUT2D eigenvalue weighted by Gasteiger charge is -2.06. The predicted molar refractivity (Wildman–Crippen MR) is 78.0 cm³/mol. The van der Waals surface area contributed by atoms with Crippen LogP contribution in [0, 0.1) is 0 Å². The predicted octanol–water partition coefficient (Wildman–Crippen LogP) is 1.87. The number of nitrogens with zero attached hydrogens (tertiary/aromatic N) is 3. The molecular weight excluding hydrogens is 292 g/mol. The lowest BCUT2D eigenvalue weighted by molar-refractivity contribution is 0.354. The maximum atomic E-state index is 11.2. The topological polar surface area (TPSA) is 98.0 Å². The Labute approximate surface area is 123 Å². The van der Waals surface area contributed by atoms with Crippen molar-refractivity contribution in [3.63, 3.8) is 0 Å². The molecule has 1 atom stereocenters. The Morgan fingerprint density at radius 1 is 1.24 bits per heavy atom. The minimum absolute atomic E-state index is 0.211. The van der Waals surface area contributed by atoms with E-state index in [4.69, 9.17) is 4.52 Å². The van der Waals surface area contributed by atoms with E-state index < -0.39 is 16.1 Å². The van der Waals surface area contributed by atoms with Crippen molar-refractivity contribution in [2.24, 2.45) is 0 Å². The molecule has 0 aliphatic rings.